The van der Waals surface area contributed by atoms with Gasteiger partial charge in [-0.2, -0.15) is 0 Å². The first-order chi connectivity index (χ1) is 12.7. The Kier molecular flexibility index (Phi) is 3.58. The highest BCUT2D eigenvalue weighted by molar-refractivity contribution is 5.96. The van der Waals surface area contributed by atoms with Crippen LogP contribution in [0.4, 0.5) is 0 Å². The lowest BCUT2D eigenvalue weighted by Crippen LogP contribution is -2.40. The molecule has 3 aliphatic rings. The van der Waals surface area contributed by atoms with E-state index >= 15 is 0 Å². The van der Waals surface area contributed by atoms with Gasteiger partial charge in [0.05, 0.1) is 17.6 Å². The zero-order chi connectivity index (χ0) is 17.7. The van der Waals surface area contributed by atoms with Gasteiger partial charge in [0.15, 0.2) is 0 Å². The van der Waals surface area contributed by atoms with Gasteiger partial charge in [-0.25, -0.2) is 0 Å². The summed E-state index contributed by atoms with van der Waals surface area (Å²) in [5, 5.41) is 3.15. The lowest BCUT2D eigenvalue weighted by molar-refractivity contribution is -0.129. The number of pyridine rings is 1. The summed E-state index contributed by atoms with van der Waals surface area (Å²) in [6.45, 7) is 0. The lowest BCUT2D eigenvalue weighted by Gasteiger charge is -2.29. The molecule has 6 heteroatoms. The van der Waals surface area contributed by atoms with Crippen LogP contribution in [0, 0.1) is 0 Å². The van der Waals surface area contributed by atoms with Crippen molar-refractivity contribution in [3.05, 3.63) is 53.6 Å². The van der Waals surface area contributed by atoms with Crippen molar-refractivity contribution in [3.8, 4) is 0 Å². The highest BCUT2D eigenvalue weighted by atomic mass is 16.2. The van der Waals surface area contributed by atoms with Gasteiger partial charge in [0.2, 0.25) is 5.91 Å². The normalized spacial score (nSPS) is 25.5. The average molecular weight is 350 g/mol. The van der Waals surface area contributed by atoms with Crippen LogP contribution in [0.1, 0.15) is 65.7 Å². The van der Waals surface area contributed by atoms with Crippen molar-refractivity contribution in [2.45, 2.75) is 56.1 Å². The summed E-state index contributed by atoms with van der Waals surface area (Å²) in [4.78, 5) is 35.0. The number of carbonyl (C=O) groups excluding carboxylic acids is 2. The Bertz CT molecular complexity index is 839. The maximum atomic E-state index is 12.9. The number of aromatic amines is 1. The molecule has 1 aliphatic heterocycles. The quantitative estimate of drug-likeness (QED) is 0.870. The van der Waals surface area contributed by atoms with Crippen LogP contribution in [-0.2, 0) is 4.79 Å². The van der Waals surface area contributed by atoms with E-state index in [1.165, 1.54) is 0 Å². The predicted octanol–water partition coefficient (Wildman–Crippen LogP) is 2.52. The third-order valence-corrected chi connectivity index (χ3v) is 5.66. The summed E-state index contributed by atoms with van der Waals surface area (Å²) in [6.07, 6.45) is 10.1. The van der Waals surface area contributed by atoms with E-state index in [1.807, 2.05) is 35.5 Å². The smallest absolute Gasteiger partial charge is 0.253 e. The number of hydrogen-bond acceptors (Lipinski definition) is 3. The minimum Gasteiger partial charge on any atom is -0.364 e. The van der Waals surface area contributed by atoms with E-state index < -0.39 is 0 Å². The molecular weight excluding hydrogens is 328 g/mol. The zero-order valence-corrected chi connectivity index (χ0v) is 14.5. The number of nitrogens with one attached hydrogen (secondary N) is 2. The van der Waals surface area contributed by atoms with Crippen molar-refractivity contribution < 1.29 is 9.59 Å². The van der Waals surface area contributed by atoms with Crippen LogP contribution in [0.15, 0.2) is 36.8 Å². The average Bonchev–Trinajstić information content (AvgIpc) is 3.58. The van der Waals surface area contributed by atoms with Crippen molar-refractivity contribution in [1.29, 1.82) is 0 Å². The largest absolute Gasteiger partial charge is 0.364 e. The number of H-pyrrole nitrogens is 1. The molecule has 0 aromatic carbocycles. The maximum Gasteiger partial charge on any atom is 0.253 e. The Hall–Kier alpha value is -2.63. The highest BCUT2D eigenvalue weighted by Crippen LogP contribution is 2.43. The van der Waals surface area contributed by atoms with Gasteiger partial charge < -0.3 is 15.2 Å². The fraction of sp³-hybridized carbons (Fsp3) is 0.450. The second-order valence-corrected chi connectivity index (χ2v) is 7.63. The Labute approximate surface area is 152 Å². The fourth-order valence-corrected chi connectivity index (χ4v) is 4.15. The molecule has 3 heterocycles. The molecule has 0 radical (unpaired) electrons. The Balaban J connectivity index is 1.42. The molecule has 2 aromatic rings. The zero-order valence-electron chi connectivity index (χ0n) is 14.5. The van der Waals surface area contributed by atoms with Gasteiger partial charge in [0, 0.05) is 36.7 Å². The van der Waals surface area contributed by atoms with E-state index in [0.717, 1.165) is 42.5 Å². The Morgan fingerprint density at radius 3 is 2.77 bits per heavy atom. The molecule has 5 rings (SSSR count). The van der Waals surface area contributed by atoms with Crippen molar-refractivity contribution in [3.63, 3.8) is 0 Å². The predicted molar refractivity (Wildman–Crippen MR) is 95.5 cm³/mol. The molecule has 2 N–H and O–H groups in total. The summed E-state index contributed by atoms with van der Waals surface area (Å²) in [6, 6.07) is 5.69. The number of likely N-dealkylation sites (tertiary alicyclic amines) is 1. The number of nitrogens with zero attached hydrogens (tertiary/aromatic N) is 2. The Morgan fingerprint density at radius 1 is 1.23 bits per heavy atom. The van der Waals surface area contributed by atoms with Crippen molar-refractivity contribution in [2.24, 2.45) is 0 Å². The van der Waals surface area contributed by atoms with Gasteiger partial charge in [-0.05, 0) is 49.3 Å². The van der Waals surface area contributed by atoms with Gasteiger partial charge in [-0.3, -0.25) is 14.6 Å². The van der Waals surface area contributed by atoms with Gasteiger partial charge >= 0.3 is 0 Å². The molecule has 2 amide bonds. The summed E-state index contributed by atoms with van der Waals surface area (Å²) in [7, 11) is 0. The topological polar surface area (TPSA) is 78.1 Å². The molecular formula is C20H22N4O2. The minimum atomic E-state index is -0.221. The van der Waals surface area contributed by atoms with Gasteiger partial charge in [-0.1, -0.05) is 6.07 Å². The number of hydrogen-bond donors (Lipinski definition) is 2. The first-order valence-corrected chi connectivity index (χ1v) is 9.41. The number of amides is 2. The second kappa shape index (κ2) is 5.97. The number of rotatable bonds is 5. The summed E-state index contributed by atoms with van der Waals surface area (Å²) < 4.78 is 0. The third kappa shape index (κ3) is 2.69. The van der Waals surface area contributed by atoms with Gasteiger partial charge in [-0.15, -0.1) is 0 Å². The van der Waals surface area contributed by atoms with Crippen LogP contribution in [0.5, 0.6) is 0 Å². The lowest BCUT2D eigenvalue weighted by atomic mass is 10.0. The Morgan fingerprint density at radius 2 is 2.08 bits per heavy atom. The van der Waals surface area contributed by atoms with Crippen LogP contribution >= 0.6 is 0 Å². The summed E-state index contributed by atoms with van der Waals surface area (Å²) in [5.74, 6) is 0.522. The third-order valence-electron chi connectivity index (χ3n) is 5.66. The first kappa shape index (κ1) is 15.6. The molecule has 0 unspecified atom stereocenters. The number of carbonyl (C=O) groups is 2. The molecule has 2 aliphatic carbocycles. The van der Waals surface area contributed by atoms with Crippen molar-refractivity contribution in [1.82, 2.24) is 20.2 Å². The van der Waals surface area contributed by atoms with Crippen LogP contribution in [0.2, 0.25) is 0 Å². The standard InChI is InChI=1S/C20H22N4O2/c25-17-10-16(23-20(26)15-7-9-22-18(15)12-3-4-12)19(24(17)14-5-6-14)13-2-1-8-21-11-13/h1-2,7-9,11-12,14,16,19,22H,3-6,10H2,(H,23,26)/t16-,19+/m1/s1. The molecule has 1 saturated heterocycles. The summed E-state index contributed by atoms with van der Waals surface area (Å²) in [5.41, 5.74) is 2.74. The first-order valence-electron chi connectivity index (χ1n) is 9.41. The molecule has 3 fully saturated rings. The number of aromatic nitrogens is 2. The van der Waals surface area contributed by atoms with E-state index in [-0.39, 0.29) is 23.9 Å². The minimum absolute atomic E-state index is 0.0857. The second-order valence-electron chi connectivity index (χ2n) is 7.63. The van der Waals surface area contributed by atoms with E-state index in [0.29, 0.717) is 18.4 Å². The monoisotopic (exact) mass is 350 g/mol. The molecule has 2 aromatic heterocycles. The van der Waals surface area contributed by atoms with Gasteiger partial charge in [0.25, 0.3) is 5.91 Å². The SMILES string of the molecule is O=C(N[C@@H]1CC(=O)N(C2CC2)[C@H]1c1cccnc1)c1cc[nH]c1C1CC1. The van der Waals surface area contributed by atoms with E-state index in [4.69, 9.17) is 0 Å². The van der Waals surface area contributed by atoms with Crippen molar-refractivity contribution in [2.75, 3.05) is 0 Å². The molecule has 0 bridgehead atoms. The van der Waals surface area contributed by atoms with E-state index in [9.17, 15) is 9.59 Å². The molecule has 6 nitrogen and oxygen atoms in total. The van der Waals surface area contributed by atoms with Crippen LogP contribution in [0.3, 0.4) is 0 Å². The van der Waals surface area contributed by atoms with E-state index in [2.05, 4.69) is 15.3 Å². The van der Waals surface area contributed by atoms with Gasteiger partial charge in [0.1, 0.15) is 0 Å². The van der Waals surface area contributed by atoms with E-state index in [1.54, 1.807) is 6.20 Å². The fourth-order valence-electron chi connectivity index (χ4n) is 4.15. The molecule has 2 saturated carbocycles. The molecule has 134 valence electrons. The van der Waals surface area contributed by atoms with Crippen LogP contribution in [0.25, 0.3) is 0 Å². The highest BCUT2D eigenvalue weighted by Gasteiger charge is 2.48. The van der Waals surface area contributed by atoms with Crippen LogP contribution in [-0.4, -0.2) is 38.8 Å². The molecule has 2 atom stereocenters. The molecule has 26 heavy (non-hydrogen) atoms. The summed E-state index contributed by atoms with van der Waals surface area (Å²) >= 11 is 0. The maximum absolute atomic E-state index is 12.9. The van der Waals surface area contributed by atoms with Crippen LogP contribution < -0.4 is 5.32 Å². The molecule has 0 spiro atoms. The van der Waals surface area contributed by atoms with Crippen molar-refractivity contribution >= 4 is 11.8 Å².